The molecule has 24 heavy (non-hydrogen) atoms. The van der Waals surface area contributed by atoms with E-state index in [1.807, 2.05) is 36.5 Å². The van der Waals surface area contributed by atoms with E-state index in [2.05, 4.69) is 14.9 Å². The van der Waals surface area contributed by atoms with Crippen molar-refractivity contribution in [2.45, 2.75) is 25.8 Å². The number of carboxylic acids is 1. The van der Waals surface area contributed by atoms with Crippen molar-refractivity contribution in [3.8, 4) is 5.75 Å². The third kappa shape index (κ3) is 3.94. The quantitative estimate of drug-likeness (QED) is 0.816. The molecule has 2 N–H and O–H groups in total. The number of benzene rings is 1. The fourth-order valence-electron chi connectivity index (χ4n) is 3.20. The zero-order valence-electron chi connectivity index (χ0n) is 13.6. The number of aliphatic carboxylic acids is 1. The Kier molecular flexibility index (Phi) is 5.15. The van der Waals surface area contributed by atoms with Crippen LogP contribution in [0.2, 0.25) is 0 Å². The number of carbonyl (C=O) groups is 1. The number of hydrogen-bond donors (Lipinski definition) is 2. The van der Waals surface area contributed by atoms with Crippen molar-refractivity contribution in [2.75, 3.05) is 19.7 Å². The van der Waals surface area contributed by atoms with Crippen LogP contribution >= 0.6 is 0 Å². The van der Waals surface area contributed by atoms with Gasteiger partial charge in [0.1, 0.15) is 5.75 Å². The first-order valence-corrected chi connectivity index (χ1v) is 8.29. The summed E-state index contributed by atoms with van der Waals surface area (Å²) in [5, 5.41) is 9.74. The highest BCUT2D eigenvalue weighted by molar-refractivity contribution is 5.74. The summed E-state index contributed by atoms with van der Waals surface area (Å²) >= 11 is 0. The molecule has 2 aromatic rings. The lowest BCUT2D eigenvalue weighted by molar-refractivity contribution is -0.153. The van der Waals surface area contributed by atoms with Gasteiger partial charge in [0.2, 0.25) is 0 Å². The van der Waals surface area contributed by atoms with Crippen LogP contribution in [0.5, 0.6) is 5.75 Å². The maximum atomic E-state index is 11.9. The first-order valence-electron chi connectivity index (χ1n) is 8.29. The van der Waals surface area contributed by atoms with Crippen molar-refractivity contribution >= 4 is 5.97 Å². The molecular formula is C18H23N3O3. The number of para-hydroxylation sites is 1. The van der Waals surface area contributed by atoms with E-state index in [1.165, 1.54) is 0 Å². The highest BCUT2D eigenvalue weighted by atomic mass is 16.5. The average molecular weight is 329 g/mol. The molecule has 1 aliphatic heterocycles. The maximum Gasteiger partial charge on any atom is 0.309 e. The third-order valence-electron chi connectivity index (χ3n) is 4.81. The molecule has 0 saturated carbocycles. The van der Waals surface area contributed by atoms with Gasteiger partial charge in [0.15, 0.2) is 0 Å². The Hall–Kier alpha value is -2.34. The minimum atomic E-state index is -0.708. The number of aromatic nitrogens is 2. The summed E-state index contributed by atoms with van der Waals surface area (Å²) in [7, 11) is 0. The largest absolute Gasteiger partial charge is 0.494 e. The molecule has 6 heteroatoms. The van der Waals surface area contributed by atoms with E-state index in [0.717, 1.165) is 31.1 Å². The Morgan fingerprint density at radius 1 is 1.29 bits per heavy atom. The zero-order valence-corrected chi connectivity index (χ0v) is 13.6. The molecular weight excluding hydrogens is 306 g/mol. The summed E-state index contributed by atoms with van der Waals surface area (Å²) in [4.78, 5) is 21.2. The third-order valence-corrected chi connectivity index (χ3v) is 4.81. The molecule has 0 atom stereocenters. The monoisotopic (exact) mass is 329 g/mol. The van der Waals surface area contributed by atoms with Crippen molar-refractivity contribution in [1.29, 1.82) is 0 Å². The van der Waals surface area contributed by atoms with E-state index >= 15 is 0 Å². The summed E-state index contributed by atoms with van der Waals surface area (Å²) in [6.45, 7) is 2.76. The van der Waals surface area contributed by atoms with E-state index in [-0.39, 0.29) is 0 Å². The number of likely N-dealkylation sites (tertiary alicyclic amines) is 1. The van der Waals surface area contributed by atoms with Gasteiger partial charge in [-0.2, -0.15) is 0 Å². The molecule has 2 heterocycles. The SMILES string of the molecule is O=C(O)C1(CCOc2ccccc2)CCN(Cc2cnc[nH]2)CC1. The van der Waals surface area contributed by atoms with Gasteiger partial charge in [-0.05, 0) is 44.5 Å². The van der Waals surface area contributed by atoms with Crippen molar-refractivity contribution in [1.82, 2.24) is 14.9 Å². The highest BCUT2D eigenvalue weighted by Crippen LogP contribution is 2.36. The van der Waals surface area contributed by atoms with Gasteiger partial charge in [-0.15, -0.1) is 0 Å². The molecule has 3 rings (SSSR count). The predicted octanol–water partition coefficient (Wildman–Crippen LogP) is 2.55. The summed E-state index contributed by atoms with van der Waals surface area (Å²) < 4.78 is 5.71. The van der Waals surface area contributed by atoms with Gasteiger partial charge in [-0.1, -0.05) is 18.2 Å². The van der Waals surface area contributed by atoms with Crippen LogP contribution in [0.3, 0.4) is 0 Å². The number of carboxylic acid groups (broad SMARTS) is 1. The first kappa shape index (κ1) is 16.5. The fourth-order valence-corrected chi connectivity index (χ4v) is 3.20. The smallest absolute Gasteiger partial charge is 0.309 e. The van der Waals surface area contributed by atoms with Crippen molar-refractivity contribution in [3.05, 3.63) is 48.5 Å². The Balaban J connectivity index is 1.52. The summed E-state index contributed by atoms with van der Waals surface area (Å²) in [5.41, 5.74) is 0.379. The lowest BCUT2D eigenvalue weighted by Crippen LogP contribution is -2.44. The molecule has 128 valence electrons. The predicted molar refractivity (Wildman–Crippen MR) is 89.7 cm³/mol. The van der Waals surface area contributed by atoms with Gasteiger partial charge in [0.25, 0.3) is 0 Å². The summed E-state index contributed by atoms with van der Waals surface area (Å²) in [6, 6.07) is 9.54. The Bertz CT molecular complexity index is 635. The van der Waals surface area contributed by atoms with Crippen LogP contribution in [0.15, 0.2) is 42.9 Å². The van der Waals surface area contributed by atoms with Crippen LogP contribution in [0.4, 0.5) is 0 Å². The second-order valence-electron chi connectivity index (χ2n) is 6.35. The fraction of sp³-hybridized carbons (Fsp3) is 0.444. The molecule has 1 saturated heterocycles. The van der Waals surface area contributed by atoms with Crippen LogP contribution in [-0.2, 0) is 11.3 Å². The van der Waals surface area contributed by atoms with Gasteiger partial charge in [0.05, 0.1) is 18.3 Å². The highest BCUT2D eigenvalue weighted by Gasteiger charge is 2.41. The van der Waals surface area contributed by atoms with Gasteiger partial charge in [-0.25, -0.2) is 4.98 Å². The standard InChI is InChI=1S/C18H23N3O3/c22-17(23)18(8-11-24-16-4-2-1-3-5-16)6-9-21(10-7-18)13-15-12-19-14-20-15/h1-5,12,14H,6-11,13H2,(H,19,20)(H,22,23). The molecule has 0 radical (unpaired) electrons. The van der Waals surface area contributed by atoms with Crippen LogP contribution in [0, 0.1) is 5.41 Å². The number of nitrogens with one attached hydrogen (secondary N) is 1. The number of nitrogens with zero attached hydrogens (tertiary/aromatic N) is 2. The van der Waals surface area contributed by atoms with Crippen LogP contribution in [0.1, 0.15) is 25.0 Å². The number of hydrogen-bond acceptors (Lipinski definition) is 4. The van der Waals surface area contributed by atoms with Gasteiger partial charge >= 0.3 is 5.97 Å². The average Bonchev–Trinajstić information content (AvgIpc) is 3.10. The molecule has 1 aliphatic rings. The van der Waals surface area contributed by atoms with Crippen LogP contribution < -0.4 is 4.74 Å². The van der Waals surface area contributed by atoms with Gasteiger partial charge in [-0.3, -0.25) is 9.69 Å². The minimum Gasteiger partial charge on any atom is -0.494 e. The van der Waals surface area contributed by atoms with E-state index < -0.39 is 11.4 Å². The second kappa shape index (κ2) is 7.49. The minimum absolute atomic E-state index is 0.427. The molecule has 6 nitrogen and oxygen atoms in total. The van der Waals surface area contributed by atoms with E-state index in [9.17, 15) is 9.90 Å². The van der Waals surface area contributed by atoms with Crippen LogP contribution in [0.25, 0.3) is 0 Å². The van der Waals surface area contributed by atoms with Crippen LogP contribution in [-0.4, -0.2) is 45.6 Å². The maximum absolute atomic E-state index is 11.9. The number of H-pyrrole nitrogens is 1. The molecule has 0 aliphatic carbocycles. The summed E-state index contributed by atoms with van der Waals surface area (Å²) in [5.74, 6) is 0.0788. The molecule has 1 fully saturated rings. The lowest BCUT2D eigenvalue weighted by Gasteiger charge is -2.38. The Morgan fingerprint density at radius 3 is 2.67 bits per heavy atom. The van der Waals surface area contributed by atoms with Gasteiger partial charge in [0, 0.05) is 18.4 Å². The molecule has 1 aromatic carbocycles. The molecule has 0 unspecified atom stereocenters. The number of ether oxygens (including phenoxy) is 1. The number of imidazole rings is 1. The number of aromatic amines is 1. The molecule has 0 amide bonds. The lowest BCUT2D eigenvalue weighted by atomic mass is 9.76. The molecule has 0 bridgehead atoms. The van der Waals surface area contributed by atoms with Crippen molar-refractivity contribution in [3.63, 3.8) is 0 Å². The number of rotatable bonds is 7. The normalized spacial score (nSPS) is 17.5. The summed E-state index contributed by atoms with van der Waals surface area (Å²) in [6.07, 6.45) is 5.31. The van der Waals surface area contributed by atoms with Crippen molar-refractivity contribution < 1.29 is 14.6 Å². The first-order chi connectivity index (χ1) is 11.7. The number of piperidine rings is 1. The molecule has 0 spiro atoms. The topological polar surface area (TPSA) is 78.5 Å². The second-order valence-corrected chi connectivity index (χ2v) is 6.35. The molecule has 1 aromatic heterocycles. The Labute approximate surface area is 141 Å². The Morgan fingerprint density at radius 2 is 2.04 bits per heavy atom. The van der Waals surface area contributed by atoms with E-state index in [1.54, 1.807) is 6.33 Å². The van der Waals surface area contributed by atoms with E-state index in [4.69, 9.17) is 4.74 Å². The van der Waals surface area contributed by atoms with Gasteiger partial charge < -0.3 is 14.8 Å². The zero-order chi connectivity index (χ0) is 16.8. The van der Waals surface area contributed by atoms with E-state index in [0.29, 0.717) is 25.9 Å². The van der Waals surface area contributed by atoms with Crippen molar-refractivity contribution in [2.24, 2.45) is 5.41 Å².